The fraction of sp³-hybridized carbons (Fsp3) is 0.500. The molecule has 0 bridgehead atoms. The summed E-state index contributed by atoms with van der Waals surface area (Å²) < 4.78 is 24.9. The van der Waals surface area contributed by atoms with Crippen molar-refractivity contribution < 1.29 is 13.2 Å². The molecule has 0 radical (unpaired) electrons. The van der Waals surface area contributed by atoms with E-state index < -0.39 is 21.0 Å². The third kappa shape index (κ3) is 3.50. The molecule has 1 atom stereocenters. The largest absolute Gasteiger partial charge is 0.398 e. The van der Waals surface area contributed by atoms with E-state index in [4.69, 9.17) is 5.73 Å². The van der Waals surface area contributed by atoms with Crippen molar-refractivity contribution in [1.82, 2.24) is 5.32 Å². The number of carbonyl (C=O) groups is 1. The number of carbonyl (C=O) groups excluding carboxylic acids is 1. The third-order valence-corrected chi connectivity index (χ3v) is 5.50. The molecule has 1 unspecified atom stereocenters. The SMILES string of the molecule is CCCCNC(=O)C(C)S(=O)(=O)c1cccc(N)c1C. The molecule has 0 spiro atoms. The summed E-state index contributed by atoms with van der Waals surface area (Å²) in [5, 5.41) is 1.52. The first-order valence-corrected chi connectivity index (χ1v) is 8.23. The number of nitrogen functional groups attached to an aromatic ring is 1. The van der Waals surface area contributed by atoms with Crippen molar-refractivity contribution >= 4 is 21.4 Å². The van der Waals surface area contributed by atoms with Crippen molar-refractivity contribution in [3.05, 3.63) is 23.8 Å². The zero-order chi connectivity index (χ0) is 15.3. The molecule has 0 aliphatic carbocycles. The number of rotatable bonds is 6. The van der Waals surface area contributed by atoms with E-state index in [0.717, 1.165) is 12.8 Å². The van der Waals surface area contributed by atoms with Gasteiger partial charge in [-0.3, -0.25) is 4.79 Å². The van der Waals surface area contributed by atoms with E-state index in [1.807, 2.05) is 6.92 Å². The van der Waals surface area contributed by atoms with Crippen LogP contribution in [-0.2, 0) is 14.6 Å². The molecular weight excluding hydrogens is 276 g/mol. The molecule has 3 N–H and O–H groups in total. The predicted molar refractivity (Wildman–Crippen MR) is 80.2 cm³/mol. The summed E-state index contributed by atoms with van der Waals surface area (Å²) in [6.07, 6.45) is 1.77. The Kier molecular flexibility index (Phi) is 5.56. The maximum atomic E-state index is 12.5. The summed E-state index contributed by atoms with van der Waals surface area (Å²) in [6.45, 7) is 5.54. The molecule has 0 heterocycles. The molecule has 0 saturated carbocycles. The Morgan fingerprint density at radius 2 is 2.05 bits per heavy atom. The summed E-state index contributed by atoms with van der Waals surface area (Å²) >= 11 is 0. The predicted octanol–water partition coefficient (Wildman–Crippen LogP) is 1.66. The zero-order valence-corrected chi connectivity index (χ0v) is 13.0. The molecule has 0 saturated heterocycles. The van der Waals surface area contributed by atoms with Crippen molar-refractivity contribution in [3.8, 4) is 0 Å². The van der Waals surface area contributed by atoms with Gasteiger partial charge in [-0.05, 0) is 38.0 Å². The molecule has 6 heteroatoms. The quantitative estimate of drug-likeness (QED) is 0.617. The van der Waals surface area contributed by atoms with Gasteiger partial charge < -0.3 is 11.1 Å². The second-order valence-electron chi connectivity index (χ2n) is 4.80. The number of hydrogen-bond donors (Lipinski definition) is 2. The van der Waals surface area contributed by atoms with Crippen molar-refractivity contribution in [3.63, 3.8) is 0 Å². The smallest absolute Gasteiger partial charge is 0.238 e. The normalized spacial score (nSPS) is 12.9. The minimum absolute atomic E-state index is 0.121. The second kappa shape index (κ2) is 6.74. The molecule has 0 fully saturated rings. The highest BCUT2D eigenvalue weighted by molar-refractivity contribution is 7.92. The second-order valence-corrected chi connectivity index (χ2v) is 7.04. The molecule has 1 aromatic rings. The lowest BCUT2D eigenvalue weighted by Crippen LogP contribution is -2.38. The van der Waals surface area contributed by atoms with Crippen molar-refractivity contribution in [1.29, 1.82) is 0 Å². The molecular formula is C14H22N2O3S. The summed E-state index contributed by atoms with van der Waals surface area (Å²) in [5.74, 6) is -0.472. The van der Waals surface area contributed by atoms with Crippen LogP contribution >= 0.6 is 0 Å². The highest BCUT2D eigenvalue weighted by atomic mass is 32.2. The fourth-order valence-electron chi connectivity index (χ4n) is 1.80. The van der Waals surface area contributed by atoms with Crippen LogP contribution in [0.2, 0.25) is 0 Å². The monoisotopic (exact) mass is 298 g/mol. The van der Waals surface area contributed by atoms with Crippen LogP contribution in [0.1, 0.15) is 32.3 Å². The number of sulfone groups is 1. The van der Waals surface area contributed by atoms with Gasteiger partial charge in [-0.15, -0.1) is 0 Å². The standard InChI is InChI=1S/C14H22N2O3S/c1-4-5-9-16-14(17)11(3)20(18,19)13-8-6-7-12(15)10(13)2/h6-8,11H,4-5,9,15H2,1-3H3,(H,16,17). The van der Waals surface area contributed by atoms with E-state index in [0.29, 0.717) is 17.8 Å². The average Bonchev–Trinajstić information content (AvgIpc) is 2.40. The Balaban J connectivity index is 2.98. The van der Waals surface area contributed by atoms with Gasteiger partial charge in [0, 0.05) is 12.2 Å². The van der Waals surface area contributed by atoms with E-state index in [1.165, 1.54) is 13.0 Å². The van der Waals surface area contributed by atoms with E-state index in [-0.39, 0.29) is 4.90 Å². The molecule has 1 rings (SSSR count). The number of benzene rings is 1. The minimum Gasteiger partial charge on any atom is -0.398 e. The Hall–Kier alpha value is -1.56. The molecule has 1 amide bonds. The molecule has 0 aromatic heterocycles. The van der Waals surface area contributed by atoms with E-state index in [1.54, 1.807) is 19.1 Å². The average molecular weight is 298 g/mol. The van der Waals surface area contributed by atoms with Gasteiger partial charge in [0.2, 0.25) is 5.91 Å². The molecule has 0 aliphatic heterocycles. The lowest BCUT2D eigenvalue weighted by Gasteiger charge is -2.15. The number of nitrogens with one attached hydrogen (secondary N) is 1. The lowest BCUT2D eigenvalue weighted by molar-refractivity contribution is -0.120. The Morgan fingerprint density at radius 3 is 2.65 bits per heavy atom. The summed E-state index contributed by atoms with van der Waals surface area (Å²) in [4.78, 5) is 12.0. The first-order chi connectivity index (χ1) is 9.32. The number of amides is 1. The number of unbranched alkanes of at least 4 members (excludes halogenated alkanes) is 1. The summed E-state index contributed by atoms with van der Waals surface area (Å²) in [6, 6.07) is 4.70. The topological polar surface area (TPSA) is 89.3 Å². The number of hydrogen-bond acceptors (Lipinski definition) is 4. The van der Waals surface area contributed by atoms with Crippen LogP contribution in [-0.4, -0.2) is 26.1 Å². The van der Waals surface area contributed by atoms with Gasteiger partial charge in [0.1, 0.15) is 5.25 Å². The van der Waals surface area contributed by atoms with Gasteiger partial charge in [-0.25, -0.2) is 8.42 Å². The maximum absolute atomic E-state index is 12.5. The maximum Gasteiger partial charge on any atom is 0.238 e. The molecule has 5 nitrogen and oxygen atoms in total. The van der Waals surface area contributed by atoms with E-state index in [2.05, 4.69) is 5.32 Å². The van der Waals surface area contributed by atoms with Crippen LogP contribution in [0.3, 0.4) is 0 Å². The minimum atomic E-state index is -3.72. The third-order valence-electron chi connectivity index (χ3n) is 3.30. The molecule has 0 aliphatic rings. The van der Waals surface area contributed by atoms with Gasteiger partial charge >= 0.3 is 0 Å². The van der Waals surface area contributed by atoms with Crippen molar-refractivity contribution in [2.75, 3.05) is 12.3 Å². The van der Waals surface area contributed by atoms with Crippen LogP contribution in [0, 0.1) is 6.92 Å². The van der Waals surface area contributed by atoms with Crippen molar-refractivity contribution in [2.24, 2.45) is 0 Å². The molecule has 20 heavy (non-hydrogen) atoms. The number of nitrogens with two attached hydrogens (primary N) is 1. The zero-order valence-electron chi connectivity index (χ0n) is 12.1. The highest BCUT2D eigenvalue weighted by Gasteiger charge is 2.30. The van der Waals surface area contributed by atoms with Gasteiger partial charge in [-0.2, -0.15) is 0 Å². The fourth-order valence-corrected chi connectivity index (χ4v) is 3.36. The van der Waals surface area contributed by atoms with Crippen LogP contribution < -0.4 is 11.1 Å². The molecule has 112 valence electrons. The summed E-state index contributed by atoms with van der Waals surface area (Å²) in [5.41, 5.74) is 6.62. The number of anilines is 1. The van der Waals surface area contributed by atoms with Crippen LogP contribution in [0.25, 0.3) is 0 Å². The van der Waals surface area contributed by atoms with Gasteiger partial charge in [0.15, 0.2) is 9.84 Å². The Labute approximate surface area is 120 Å². The van der Waals surface area contributed by atoms with E-state index >= 15 is 0 Å². The Bertz CT molecular complexity index is 582. The summed E-state index contributed by atoms with van der Waals surface area (Å²) in [7, 11) is -3.72. The lowest BCUT2D eigenvalue weighted by atomic mass is 10.2. The van der Waals surface area contributed by atoms with Gasteiger partial charge in [0.25, 0.3) is 0 Å². The van der Waals surface area contributed by atoms with Crippen LogP contribution in [0.15, 0.2) is 23.1 Å². The van der Waals surface area contributed by atoms with Gasteiger partial charge in [-0.1, -0.05) is 19.4 Å². The van der Waals surface area contributed by atoms with Gasteiger partial charge in [0.05, 0.1) is 4.90 Å². The van der Waals surface area contributed by atoms with Crippen LogP contribution in [0.5, 0.6) is 0 Å². The molecule has 1 aromatic carbocycles. The first kappa shape index (κ1) is 16.5. The first-order valence-electron chi connectivity index (χ1n) is 6.69. The van der Waals surface area contributed by atoms with Crippen molar-refractivity contribution in [2.45, 2.75) is 43.8 Å². The Morgan fingerprint density at radius 1 is 1.40 bits per heavy atom. The highest BCUT2D eigenvalue weighted by Crippen LogP contribution is 2.24. The van der Waals surface area contributed by atoms with E-state index in [9.17, 15) is 13.2 Å². The van der Waals surface area contributed by atoms with Crippen LogP contribution in [0.4, 0.5) is 5.69 Å².